The minimum Gasteiger partial charge on any atom is -0.493 e. The first-order chi connectivity index (χ1) is 14.2. The minimum atomic E-state index is 0. The van der Waals surface area contributed by atoms with Crippen LogP contribution in [0.5, 0.6) is 11.5 Å². The maximum atomic E-state index is 6.50. The molecular weight excluding hydrogens is 459 g/mol. The average Bonchev–Trinajstić information content (AvgIpc) is 2.74. The van der Waals surface area contributed by atoms with Crippen LogP contribution < -0.4 is 14.8 Å². The van der Waals surface area contributed by atoms with Crippen molar-refractivity contribution in [3.05, 3.63) is 58.1 Å². The van der Waals surface area contributed by atoms with Crippen LogP contribution in [0.2, 0.25) is 5.02 Å². The van der Waals surface area contributed by atoms with Gasteiger partial charge >= 0.3 is 0 Å². The van der Waals surface area contributed by atoms with E-state index in [4.69, 9.17) is 25.8 Å². The topological polar surface area (TPSA) is 43.0 Å². The number of hydrogen-bond acceptors (Lipinski definition) is 5. The van der Waals surface area contributed by atoms with Gasteiger partial charge in [-0.2, -0.15) is 0 Å². The van der Waals surface area contributed by atoms with Gasteiger partial charge in [0.25, 0.3) is 0 Å². The van der Waals surface area contributed by atoms with Gasteiger partial charge in [0.1, 0.15) is 6.61 Å². The number of aryl methyl sites for hydroxylation is 1. The van der Waals surface area contributed by atoms with Gasteiger partial charge in [-0.05, 0) is 49.7 Å². The van der Waals surface area contributed by atoms with E-state index >= 15 is 0 Å². The third-order valence-electron chi connectivity index (χ3n) is 5.05. The summed E-state index contributed by atoms with van der Waals surface area (Å²) in [6, 6.07) is 12.2. The fourth-order valence-corrected chi connectivity index (χ4v) is 3.63. The van der Waals surface area contributed by atoms with Crippen LogP contribution in [-0.4, -0.2) is 51.4 Å². The summed E-state index contributed by atoms with van der Waals surface area (Å²) in [4.78, 5) is 2.45. The van der Waals surface area contributed by atoms with Gasteiger partial charge < -0.3 is 19.5 Å². The molecule has 0 unspecified atom stereocenters. The molecule has 0 amide bonds. The largest absolute Gasteiger partial charge is 0.493 e. The van der Waals surface area contributed by atoms with Crippen molar-refractivity contribution in [1.29, 1.82) is 0 Å². The molecule has 0 bridgehead atoms. The molecule has 0 radical (unpaired) electrons. The average molecular weight is 492 g/mol. The number of hydrogen-bond donors (Lipinski definition) is 1. The summed E-state index contributed by atoms with van der Waals surface area (Å²) in [5.41, 5.74) is 3.41. The Morgan fingerprint density at radius 2 is 1.77 bits per heavy atom. The quantitative estimate of drug-likeness (QED) is 0.479. The van der Waals surface area contributed by atoms with Gasteiger partial charge in [0.2, 0.25) is 0 Å². The Morgan fingerprint density at radius 1 is 1.06 bits per heavy atom. The molecule has 1 aliphatic heterocycles. The number of nitrogens with one attached hydrogen (secondary N) is 1. The number of nitrogens with zero attached hydrogens (tertiary/aromatic N) is 1. The summed E-state index contributed by atoms with van der Waals surface area (Å²) in [5, 5.41) is 4.06. The molecule has 1 N–H and O–H groups in total. The van der Waals surface area contributed by atoms with Crippen LogP contribution >= 0.6 is 36.4 Å². The standard InChI is InChI=1S/C23H31ClN2O3.2ClH/c1-18-4-6-19(7-5-18)17-29-23-21(24)14-20(15-22(23)27-2)16-25-8-3-9-26-10-12-28-13-11-26;;/h4-7,14-15,25H,3,8-13,16-17H2,1-2H3;2*1H. The number of benzene rings is 2. The molecule has 8 heteroatoms. The first-order valence-electron chi connectivity index (χ1n) is 10.2. The zero-order valence-corrected chi connectivity index (χ0v) is 20.6. The summed E-state index contributed by atoms with van der Waals surface area (Å²) in [5.74, 6) is 1.25. The van der Waals surface area contributed by atoms with Crippen LogP contribution in [-0.2, 0) is 17.9 Å². The van der Waals surface area contributed by atoms with Crippen molar-refractivity contribution >= 4 is 36.4 Å². The lowest BCUT2D eigenvalue weighted by molar-refractivity contribution is 0.0374. The second kappa shape index (κ2) is 14.8. The minimum absolute atomic E-state index is 0. The Morgan fingerprint density at radius 3 is 2.45 bits per heavy atom. The molecule has 31 heavy (non-hydrogen) atoms. The molecule has 0 saturated carbocycles. The van der Waals surface area contributed by atoms with Crippen molar-refractivity contribution in [2.24, 2.45) is 0 Å². The zero-order valence-electron chi connectivity index (χ0n) is 18.2. The molecule has 0 atom stereocenters. The Hall–Kier alpha value is -1.21. The lowest BCUT2D eigenvalue weighted by Gasteiger charge is -2.26. The highest BCUT2D eigenvalue weighted by Crippen LogP contribution is 2.37. The third-order valence-corrected chi connectivity index (χ3v) is 5.33. The number of morpholine rings is 1. The molecule has 2 aromatic rings. The predicted molar refractivity (Wildman–Crippen MR) is 132 cm³/mol. The molecule has 3 rings (SSSR count). The van der Waals surface area contributed by atoms with Crippen LogP contribution in [0.15, 0.2) is 36.4 Å². The molecule has 0 spiro atoms. The highest BCUT2D eigenvalue weighted by Gasteiger charge is 2.13. The number of rotatable bonds is 10. The van der Waals surface area contributed by atoms with E-state index < -0.39 is 0 Å². The lowest BCUT2D eigenvalue weighted by Crippen LogP contribution is -2.37. The van der Waals surface area contributed by atoms with Crippen LogP contribution in [0.4, 0.5) is 0 Å². The summed E-state index contributed by atoms with van der Waals surface area (Å²) < 4.78 is 16.9. The van der Waals surface area contributed by atoms with Crippen molar-refractivity contribution in [2.45, 2.75) is 26.5 Å². The molecule has 1 aliphatic rings. The van der Waals surface area contributed by atoms with E-state index in [-0.39, 0.29) is 24.8 Å². The van der Waals surface area contributed by atoms with Crippen molar-refractivity contribution in [2.75, 3.05) is 46.5 Å². The Labute approximate surface area is 203 Å². The van der Waals surface area contributed by atoms with Crippen LogP contribution in [0.25, 0.3) is 0 Å². The van der Waals surface area contributed by atoms with Crippen LogP contribution in [0.3, 0.4) is 0 Å². The Balaban J connectivity index is 0.00000240. The van der Waals surface area contributed by atoms with Gasteiger partial charge in [0.05, 0.1) is 25.3 Å². The smallest absolute Gasteiger partial charge is 0.180 e. The molecule has 1 fully saturated rings. The van der Waals surface area contributed by atoms with E-state index in [2.05, 4.69) is 41.4 Å². The second-order valence-corrected chi connectivity index (χ2v) is 7.77. The summed E-state index contributed by atoms with van der Waals surface area (Å²) >= 11 is 6.50. The van der Waals surface area contributed by atoms with E-state index in [0.717, 1.165) is 63.5 Å². The normalized spacial score (nSPS) is 13.8. The SMILES string of the molecule is COc1cc(CNCCCN2CCOCC2)cc(Cl)c1OCc1ccc(C)cc1.Cl.Cl. The van der Waals surface area contributed by atoms with Crippen LogP contribution in [0.1, 0.15) is 23.1 Å². The van der Waals surface area contributed by atoms with Crippen LogP contribution in [0, 0.1) is 6.92 Å². The highest BCUT2D eigenvalue weighted by atomic mass is 35.5. The first-order valence-corrected chi connectivity index (χ1v) is 10.6. The molecule has 0 aliphatic carbocycles. The van der Waals surface area contributed by atoms with Gasteiger partial charge in [0, 0.05) is 19.6 Å². The second-order valence-electron chi connectivity index (χ2n) is 7.37. The Bertz CT molecular complexity index is 769. The molecule has 1 heterocycles. The van der Waals surface area contributed by atoms with Gasteiger partial charge in [0.15, 0.2) is 11.5 Å². The van der Waals surface area contributed by atoms with E-state index in [1.54, 1.807) is 7.11 Å². The maximum Gasteiger partial charge on any atom is 0.180 e. The fraction of sp³-hybridized carbons (Fsp3) is 0.478. The van der Waals surface area contributed by atoms with Gasteiger partial charge in [-0.1, -0.05) is 41.4 Å². The molecular formula is C23H33Cl3N2O3. The number of halogens is 3. The summed E-state index contributed by atoms with van der Waals surface area (Å²) in [6.07, 6.45) is 1.11. The predicted octanol–water partition coefficient (Wildman–Crippen LogP) is 4.89. The van der Waals surface area contributed by atoms with Gasteiger partial charge in [-0.3, -0.25) is 4.90 Å². The number of ether oxygens (including phenoxy) is 3. The van der Waals surface area contributed by atoms with Gasteiger partial charge in [-0.15, -0.1) is 24.8 Å². The fourth-order valence-electron chi connectivity index (χ4n) is 3.34. The summed E-state index contributed by atoms with van der Waals surface area (Å²) in [7, 11) is 1.64. The number of methoxy groups -OCH3 is 1. The lowest BCUT2D eigenvalue weighted by atomic mass is 10.1. The van der Waals surface area contributed by atoms with Crippen molar-refractivity contribution in [3.63, 3.8) is 0 Å². The molecule has 174 valence electrons. The first kappa shape index (κ1) is 27.8. The third kappa shape index (κ3) is 9.05. The van der Waals surface area contributed by atoms with Crippen molar-refractivity contribution < 1.29 is 14.2 Å². The van der Waals surface area contributed by atoms with Gasteiger partial charge in [-0.25, -0.2) is 0 Å². The van der Waals surface area contributed by atoms with E-state index in [1.807, 2.05) is 12.1 Å². The van der Waals surface area contributed by atoms with Crippen molar-refractivity contribution in [3.8, 4) is 11.5 Å². The maximum absolute atomic E-state index is 6.50. The van der Waals surface area contributed by atoms with E-state index in [1.165, 1.54) is 5.56 Å². The molecule has 5 nitrogen and oxygen atoms in total. The zero-order chi connectivity index (χ0) is 20.5. The monoisotopic (exact) mass is 490 g/mol. The summed E-state index contributed by atoms with van der Waals surface area (Å²) in [6.45, 7) is 9.11. The highest BCUT2D eigenvalue weighted by molar-refractivity contribution is 6.32. The molecule has 1 saturated heterocycles. The Kier molecular flexibility index (Phi) is 13.3. The van der Waals surface area contributed by atoms with E-state index in [9.17, 15) is 0 Å². The van der Waals surface area contributed by atoms with Crippen molar-refractivity contribution in [1.82, 2.24) is 10.2 Å². The van der Waals surface area contributed by atoms with E-state index in [0.29, 0.717) is 23.1 Å². The molecule has 2 aromatic carbocycles. The molecule has 0 aromatic heterocycles.